The summed E-state index contributed by atoms with van der Waals surface area (Å²) in [6.07, 6.45) is 0.833. The van der Waals surface area contributed by atoms with Gasteiger partial charge in [0.2, 0.25) is 5.91 Å². The van der Waals surface area contributed by atoms with E-state index < -0.39 is 6.10 Å². The number of nitrogens with zero attached hydrogens (tertiary/aromatic N) is 1. The summed E-state index contributed by atoms with van der Waals surface area (Å²) in [6, 6.07) is 15.4. The standard InChI is InChI=1S/C23H28BrN3O4/c24-16-5-7-18(8-6-16)26-23(29)14-27-11-9-17(10-12-27)25-13-19(28)22-15-30-20-3-1-2-4-21(20)31-22/h1-8,17,19,22,25,28H,9-15H2,(H,26,29). The summed E-state index contributed by atoms with van der Waals surface area (Å²) >= 11 is 3.39. The molecule has 2 aromatic rings. The Labute approximate surface area is 190 Å². The molecule has 2 atom stereocenters. The summed E-state index contributed by atoms with van der Waals surface area (Å²) in [6.45, 7) is 2.87. The van der Waals surface area contributed by atoms with Gasteiger partial charge in [0, 0.05) is 35.8 Å². The van der Waals surface area contributed by atoms with Crippen molar-refractivity contribution in [3.8, 4) is 11.5 Å². The maximum absolute atomic E-state index is 12.3. The molecule has 0 bridgehead atoms. The van der Waals surface area contributed by atoms with Crippen molar-refractivity contribution < 1.29 is 19.4 Å². The van der Waals surface area contributed by atoms with Crippen LogP contribution in [0.4, 0.5) is 5.69 Å². The highest BCUT2D eigenvalue weighted by Crippen LogP contribution is 2.31. The second-order valence-corrected chi connectivity index (χ2v) is 8.91. The second-order valence-electron chi connectivity index (χ2n) is 8.00. The van der Waals surface area contributed by atoms with Crippen LogP contribution in [0.15, 0.2) is 53.0 Å². The number of halogens is 1. The SMILES string of the molecule is O=C(CN1CCC(NCC(O)C2COc3ccccc3O2)CC1)Nc1ccc(Br)cc1. The van der Waals surface area contributed by atoms with Crippen LogP contribution in [-0.2, 0) is 4.79 Å². The van der Waals surface area contributed by atoms with E-state index in [2.05, 4.69) is 31.5 Å². The van der Waals surface area contributed by atoms with Crippen LogP contribution in [0.3, 0.4) is 0 Å². The van der Waals surface area contributed by atoms with Gasteiger partial charge in [0.05, 0.1) is 6.54 Å². The summed E-state index contributed by atoms with van der Waals surface area (Å²) < 4.78 is 12.6. The van der Waals surface area contributed by atoms with Crippen molar-refractivity contribution in [1.82, 2.24) is 10.2 Å². The monoisotopic (exact) mass is 489 g/mol. The van der Waals surface area contributed by atoms with Crippen molar-refractivity contribution >= 4 is 27.5 Å². The number of benzene rings is 2. The fraction of sp³-hybridized carbons (Fsp3) is 0.435. The van der Waals surface area contributed by atoms with Gasteiger partial charge in [-0.15, -0.1) is 0 Å². The summed E-state index contributed by atoms with van der Waals surface area (Å²) in [7, 11) is 0. The Bertz CT molecular complexity index is 871. The van der Waals surface area contributed by atoms with E-state index in [0.717, 1.165) is 41.8 Å². The van der Waals surface area contributed by atoms with Crippen LogP contribution in [0.25, 0.3) is 0 Å². The number of carbonyl (C=O) groups excluding carboxylic acids is 1. The molecular formula is C23H28BrN3O4. The Balaban J connectivity index is 1.15. The first-order valence-corrected chi connectivity index (χ1v) is 11.4. The van der Waals surface area contributed by atoms with E-state index in [1.165, 1.54) is 0 Å². The molecule has 1 fully saturated rings. The van der Waals surface area contributed by atoms with Crippen LogP contribution in [0, 0.1) is 0 Å². The van der Waals surface area contributed by atoms with Crippen molar-refractivity contribution in [2.75, 3.05) is 38.1 Å². The molecule has 8 heteroatoms. The molecule has 2 aromatic carbocycles. The second kappa shape index (κ2) is 10.5. The van der Waals surface area contributed by atoms with E-state index >= 15 is 0 Å². The molecule has 0 radical (unpaired) electrons. The molecule has 0 spiro atoms. The number of hydrogen-bond acceptors (Lipinski definition) is 6. The molecule has 2 heterocycles. The highest BCUT2D eigenvalue weighted by molar-refractivity contribution is 9.10. The van der Waals surface area contributed by atoms with E-state index in [9.17, 15) is 9.90 Å². The zero-order valence-electron chi connectivity index (χ0n) is 17.3. The fourth-order valence-corrected chi connectivity index (χ4v) is 4.14. The maximum Gasteiger partial charge on any atom is 0.238 e. The lowest BCUT2D eigenvalue weighted by Crippen LogP contribution is -2.50. The Hall–Kier alpha value is -2.13. The molecule has 4 rings (SSSR count). The van der Waals surface area contributed by atoms with Crippen molar-refractivity contribution in [3.05, 3.63) is 53.0 Å². The smallest absolute Gasteiger partial charge is 0.238 e. The molecule has 3 N–H and O–H groups in total. The van der Waals surface area contributed by atoms with Gasteiger partial charge < -0.3 is 25.2 Å². The summed E-state index contributed by atoms with van der Waals surface area (Å²) in [5.74, 6) is 1.39. The number of rotatable bonds is 7. The van der Waals surface area contributed by atoms with Crippen LogP contribution in [0.2, 0.25) is 0 Å². The van der Waals surface area contributed by atoms with Crippen LogP contribution in [0.5, 0.6) is 11.5 Å². The van der Waals surface area contributed by atoms with E-state index in [1.807, 2.05) is 48.5 Å². The molecule has 2 aliphatic rings. The predicted octanol–water partition coefficient (Wildman–Crippen LogP) is 2.64. The Morgan fingerprint density at radius 2 is 1.84 bits per heavy atom. The first-order chi connectivity index (χ1) is 15.1. The molecular weight excluding hydrogens is 462 g/mol. The number of carbonyl (C=O) groups is 1. The molecule has 1 amide bonds. The number of aliphatic hydroxyl groups excluding tert-OH is 1. The number of hydrogen-bond donors (Lipinski definition) is 3. The molecule has 0 aromatic heterocycles. The minimum atomic E-state index is -0.650. The topological polar surface area (TPSA) is 83.1 Å². The quantitative estimate of drug-likeness (QED) is 0.554. The first kappa shape index (κ1) is 22.1. The van der Waals surface area contributed by atoms with E-state index in [0.29, 0.717) is 31.5 Å². The average molecular weight is 490 g/mol. The third kappa shape index (κ3) is 6.20. The lowest BCUT2D eigenvalue weighted by Gasteiger charge is -2.34. The number of aliphatic hydroxyl groups is 1. The number of fused-ring (bicyclic) bond motifs is 1. The van der Waals surface area contributed by atoms with Gasteiger partial charge in [-0.05, 0) is 49.2 Å². The normalized spacial score (nSPS) is 20.3. The van der Waals surface area contributed by atoms with Gasteiger partial charge in [-0.3, -0.25) is 9.69 Å². The minimum absolute atomic E-state index is 0.00103. The van der Waals surface area contributed by atoms with Crippen LogP contribution >= 0.6 is 15.9 Å². The van der Waals surface area contributed by atoms with Crippen molar-refractivity contribution in [2.24, 2.45) is 0 Å². The fourth-order valence-electron chi connectivity index (χ4n) is 3.88. The molecule has 2 unspecified atom stereocenters. The third-order valence-corrected chi connectivity index (χ3v) is 6.19. The summed E-state index contributed by atoms with van der Waals surface area (Å²) in [4.78, 5) is 14.5. The minimum Gasteiger partial charge on any atom is -0.486 e. The van der Waals surface area contributed by atoms with Crippen LogP contribution in [0.1, 0.15) is 12.8 Å². The van der Waals surface area contributed by atoms with Gasteiger partial charge in [-0.1, -0.05) is 28.1 Å². The van der Waals surface area contributed by atoms with Gasteiger partial charge >= 0.3 is 0 Å². The maximum atomic E-state index is 12.3. The molecule has 0 aliphatic carbocycles. The van der Waals surface area contributed by atoms with Gasteiger partial charge in [0.25, 0.3) is 0 Å². The zero-order valence-corrected chi connectivity index (χ0v) is 18.9. The van der Waals surface area contributed by atoms with Crippen molar-refractivity contribution in [1.29, 1.82) is 0 Å². The molecule has 0 saturated carbocycles. The molecule has 166 valence electrons. The lowest BCUT2D eigenvalue weighted by molar-refractivity contribution is -0.117. The molecule has 1 saturated heterocycles. The Morgan fingerprint density at radius 3 is 2.58 bits per heavy atom. The summed E-state index contributed by atoms with van der Waals surface area (Å²) in [5, 5.41) is 16.9. The molecule has 31 heavy (non-hydrogen) atoms. The molecule has 7 nitrogen and oxygen atoms in total. The van der Waals surface area contributed by atoms with E-state index in [4.69, 9.17) is 9.47 Å². The first-order valence-electron chi connectivity index (χ1n) is 10.6. The number of piperidine rings is 1. The Morgan fingerprint density at radius 1 is 1.13 bits per heavy atom. The number of anilines is 1. The van der Waals surface area contributed by atoms with E-state index in [1.54, 1.807) is 0 Å². The average Bonchev–Trinajstić information content (AvgIpc) is 2.79. The highest BCUT2D eigenvalue weighted by atomic mass is 79.9. The molecule has 2 aliphatic heterocycles. The number of ether oxygens (including phenoxy) is 2. The highest BCUT2D eigenvalue weighted by Gasteiger charge is 2.28. The van der Waals surface area contributed by atoms with Gasteiger partial charge in [-0.2, -0.15) is 0 Å². The lowest BCUT2D eigenvalue weighted by atomic mass is 10.0. The van der Waals surface area contributed by atoms with Crippen LogP contribution in [-0.4, -0.2) is 66.9 Å². The van der Waals surface area contributed by atoms with Crippen LogP contribution < -0.4 is 20.1 Å². The number of para-hydroxylation sites is 2. The van der Waals surface area contributed by atoms with E-state index in [-0.39, 0.29) is 12.0 Å². The largest absolute Gasteiger partial charge is 0.486 e. The van der Waals surface area contributed by atoms with Gasteiger partial charge in [0.15, 0.2) is 17.6 Å². The zero-order chi connectivity index (χ0) is 21.6. The Kier molecular flexibility index (Phi) is 7.45. The number of nitrogens with one attached hydrogen (secondary N) is 2. The van der Waals surface area contributed by atoms with Crippen molar-refractivity contribution in [3.63, 3.8) is 0 Å². The summed E-state index contributed by atoms with van der Waals surface area (Å²) in [5.41, 5.74) is 0.801. The number of likely N-dealkylation sites (tertiary alicyclic amines) is 1. The third-order valence-electron chi connectivity index (χ3n) is 5.66. The number of amides is 1. The predicted molar refractivity (Wildman–Crippen MR) is 123 cm³/mol. The van der Waals surface area contributed by atoms with Crippen molar-refractivity contribution in [2.45, 2.75) is 31.1 Å². The van der Waals surface area contributed by atoms with Gasteiger partial charge in [0.1, 0.15) is 12.7 Å². The van der Waals surface area contributed by atoms with Gasteiger partial charge in [-0.25, -0.2) is 0 Å².